The number of aromatic amines is 1. The summed E-state index contributed by atoms with van der Waals surface area (Å²) in [6, 6.07) is 20.4. The van der Waals surface area contributed by atoms with Crippen LogP contribution in [0.5, 0.6) is 0 Å². The number of fused-ring (bicyclic) bond motifs is 1. The van der Waals surface area contributed by atoms with Crippen molar-refractivity contribution in [1.82, 2.24) is 15.6 Å². The van der Waals surface area contributed by atoms with E-state index < -0.39 is 0 Å². The van der Waals surface area contributed by atoms with Crippen molar-refractivity contribution in [3.05, 3.63) is 106 Å². The maximum Gasteiger partial charge on any atom is 0.178 e. The molecule has 0 fully saturated rings. The summed E-state index contributed by atoms with van der Waals surface area (Å²) < 4.78 is 5.28. The summed E-state index contributed by atoms with van der Waals surface area (Å²) in [7, 11) is 0. The number of hydrogen-bond acceptors (Lipinski definition) is 5. The number of rotatable bonds is 0. The number of H-pyrrole nitrogens is 1. The molecule has 0 aliphatic carbocycles. The number of benzene rings is 1. The summed E-state index contributed by atoms with van der Waals surface area (Å²) in [5, 5.41) is 10.3. The Bertz CT molecular complexity index is 979. The highest BCUT2D eigenvalue weighted by atomic mass is 16.5. The first-order valence-corrected chi connectivity index (χ1v) is 7.10. The van der Waals surface area contributed by atoms with E-state index in [0.717, 1.165) is 0 Å². The van der Waals surface area contributed by atoms with E-state index >= 15 is 0 Å². The maximum absolute atomic E-state index is 11.8. The van der Waals surface area contributed by atoms with Crippen LogP contribution in [0.25, 0.3) is 11.0 Å². The molecule has 0 saturated carbocycles. The fraction of sp³-hybridized carbons (Fsp3) is 0. The normalized spacial score (nSPS) is 9.17. The average Bonchev–Trinajstić information content (AvgIpc) is 2.59. The quantitative estimate of drug-likeness (QED) is 0.806. The lowest BCUT2D eigenvalue weighted by Gasteiger charge is -1.88. The molecule has 0 radical (unpaired) electrons. The van der Waals surface area contributed by atoms with E-state index in [1.54, 1.807) is 30.3 Å². The molecular weight excluding hydrogens is 306 g/mol. The number of para-hydroxylation sites is 1. The van der Waals surface area contributed by atoms with Crippen LogP contribution in [0.15, 0.2) is 99.2 Å². The highest BCUT2D eigenvalue weighted by Gasteiger charge is 1.87. The minimum absolute atomic E-state index is 0.208. The molecule has 120 valence electrons. The zero-order chi connectivity index (χ0) is 17.0. The van der Waals surface area contributed by atoms with Crippen LogP contribution in [0.1, 0.15) is 0 Å². The first-order valence-electron chi connectivity index (χ1n) is 7.10. The first-order chi connectivity index (χ1) is 11.8. The molecule has 0 atom stereocenters. The van der Waals surface area contributed by atoms with Crippen LogP contribution < -0.4 is 10.9 Å². The van der Waals surface area contributed by atoms with Crippen molar-refractivity contribution in [3.8, 4) is 0 Å². The Morgan fingerprint density at radius 1 is 0.708 bits per heavy atom. The molecule has 2 aromatic rings. The van der Waals surface area contributed by atoms with E-state index in [1.165, 1.54) is 48.7 Å². The summed E-state index contributed by atoms with van der Waals surface area (Å²) in [6.45, 7) is 0. The van der Waals surface area contributed by atoms with Crippen molar-refractivity contribution in [2.75, 3.05) is 0 Å². The Morgan fingerprint density at radius 2 is 1.33 bits per heavy atom. The molecule has 6 nitrogen and oxygen atoms in total. The molecule has 1 N–H and O–H groups in total. The van der Waals surface area contributed by atoms with E-state index in [4.69, 9.17) is 4.52 Å². The van der Waals surface area contributed by atoms with Crippen LogP contribution in [0, 0.1) is 0 Å². The molecule has 24 heavy (non-hydrogen) atoms. The van der Waals surface area contributed by atoms with Crippen molar-refractivity contribution in [1.29, 1.82) is 0 Å². The van der Waals surface area contributed by atoms with Crippen LogP contribution >= 0.6 is 0 Å². The molecule has 1 aromatic heterocycles. The van der Waals surface area contributed by atoms with Crippen LogP contribution in [-0.2, 0) is 0 Å². The van der Waals surface area contributed by atoms with Gasteiger partial charge < -0.3 is 4.52 Å². The van der Waals surface area contributed by atoms with Gasteiger partial charge in [-0.15, -0.1) is 10.4 Å². The zero-order valence-corrected chi connectivity index (χ0v) is 12.7. The van der Waals surface area contributed by atoms with Gasteiger partial charge in [0.05, 0.1) is 6.20 Å². The van der Waals surface area contributed by atoms with Gasteiger partial charge in [0.15, 0.2) is 16.4 Å². The molecule has 1 aromatic carbocycles. The minimum atomic E-state index is -0.214. The number of nitrogens with zero attached hydrogens (tertiary/aromatic N) is 2. The van der Waals surface area contributed by atoms with Crippen molar-refractivity contribution >= 4 is 11.0 Å². The summed E-state index contributed by atoms with van der Waals surface area (Å²) in [6.07, 6.45) is 1.40. The van der Waals surface area contributed by atoms with Gasteiger partial charge >= 0.3 is 0 Å². The van der Waals surface area contributed by atoms with Gasteiger partial charge in [-0.2, -0.15) is 0 Å². The molecule has 6 heteroatoms. The highest BCUT2D eigenvalue weighted by Crippen LogP contribution is 2.07. The van der Waals surface area contributed by atoms with Gasteiger partial charge in [-0.3, -0.25) is 9.59 Å². The Hall–Kier alpha value is -3.54. The Morgan fingerprint density at radius 3 is 2.12 bits per heavy atom. The van der Waals surface area contributed by atoms with Crippen LogP contribution in [0.4, 0.5) is 0 Å². The van der Waals surface area contributed by atoms with Gasteiger partial charge in [0, 0.05) is 5.39 Å². The van der Waals surface area contributed by atoms with Crippen LogP contribution in [0.3, 0.4) is 0 Å². The van der Waals surface area contributed by atoms with Crippen molar-refractivity contribution < 1.29 is 4.52 Å². The molecule has 0 amide bonds. The third kappa shape index (κ3) is 6.07. The second-order valence-corrected chi connectivity index (χ2v) is 4.50. The Balaban J connectivity index is 2.67. The monoisotopic (exact) mass is 321 g/mol. The van der Waals surface area contributed by atoms with Gasteiger partial charge in [-0.1, -0.05) is 36.4 Å². The molecule has 1 heterocycles. The fourth-order valence-electron chi connectivity index (χ4n) is 1.66. The summed E-state index contributed by atoms with van der Waals surface area (Å²) >= 11 is 0. The predicted molar refractivity (Wildman–Crippen MR) is 91.6 cm³/mol. The molecule has 0 unspecified atom stereocenters. The van der Waals surface area contributed by atoms with E-state index in [1.807, 2.05) is 6.07 Å². The van der Waals surface area contributed by atoms with E-state index in [2.05, 4.69) is 15.6 Å². The topological polar surface area (TPSA) is 88.8 Å². The molecular formula is C18H15N3O3. The van der Waals surface area contributed by atoms with Gasteiger partial charge in [-0.25, -0.2) is 0 Å². The van der Waals surface area contributed by atoms with E-state index in [9.17, 15) is 9.59 Å². The minimum Gasteiger partial charge on any atom is -0.363 e. The van der Waals surface area contributed by atoms with Gasteiger partial charge in [0.2, 0.25) is 0 Å². The lowest BCUT2D eigenvalue weighted by molar-refractivity contribution is 0.390. The maximum atomic E-state index is 11.8. The molecule has 0 aliphatic heterocycles. The largest absolute Gasteiger partial charge is 0.363 e. The van der Waals surface area contributed by atoms with Crippen molar-refractivity contribution in [2.24, 2.45) is 0 Å². The lowest BCUT2D eigenvalue weighted by atomic mass is 10.2. The third-order valence-electron chi connectivity index (χ3n) is 2.76. The Labute approximate surface area is 137 Å². The fourth-order valence-corrected chi connectivity index (χ4v) is 1.66. The van der Waals surface area contributed by atoms with Gasteiger partial charge in [-0.05, 0) is 47.7 Å². The smallest absolute Gasteiger partial charge is 0.178 e. The first kappa shape index (κ1) is 16.8. The SMILES string of the molecule is O=c1ccccnn[nH]oc2ccccc2ccc(=O)cccc1. The Kier molecular flexibility index (Phi) is 6.64. The van der Waals surface area contributed by atoms with Gasteiger partial charge in [0.1, 0.15) is 0 Å². The van der Waals surface area contributed by atoms with Crippen LogP contribution in [-0.4, -0.2) is 15.6 Å². The second-order valence-electron chi connectivity index (χ2n) is 4.50. The zero-order valence-electron chi connectivity index (χ0n) is 12.7. The standard InChI is InChI=1S/C18H15N3O3/c22-16-8-2-3-9-17(23)13-12-15-7-1-4-11-18(15)24-21-20-19-14-6-5-10-16/h1-14H,(H,19,21). The molecule has 0 saturated heterocycles. The second kappa shape index (κ2) is 9.47. The molecule has 0 bridgehead atoms. The van der Waals surface area contributed by atoms with Crippen LogP contribution in [0.2, 0.25) is 0 Å². The highest BCUT2D eigenvalue weighted by molar-refractivity contribution is 5.75. The van der Waals surface area contributed by atoms with Crippen molar-refractivity contribution in [3.63, 3.8) is 0 Å². The lowest BCUT2D eigenvalue weighted by Crippen LogP contribution is -1.90. The molecule has 0 aliphatic rings. The average molecular weight is 321 g/mol. The summed E-state index contributed by atoms with van der Waals surface area (Å²) in [5.74, 6) is 0. The summed E-state index contributed by atoms with van der Waals surface area (Å²) in [4.78, 5) is 23.2. The molecule has 2 rings (SSSR count). The van der Waals surface area contributed by atoms with Gasteiger partial charge in [0.25, 0.3) is 0 Å². The van der Waals surface area contributed by atoms with E-state index in [0.29, 0.717) is 11.0 Å². The predicted octanol–water partition coefficient (Wildman–Crippen LogP) is 2.64. The number of hydrogen-bond donors (Lipinski definition) is 1. The molecule has 0 spiro atoms. The van der Waals surface area contributed by atoms with Crippen molar-refractivity contribution in [2.45, 2.75) is 0 Å². The number of nitrogens with one attached hydrogen (secondary N) is 1. The summed E-state index contributed by atoms with van der Waals surface area (Å²) in [5.41, 5.74) is 0.0786. The number of aromatic nitrogens is 3. The van der Waals surface area contributed by atoms with E-state index in [-0.39, 0.29) is 10.9 Å². The third-order valence-corrected chi connectivity index (χ3v) is 2.76.